The van der Waals surface area contributed by atoms with Crippen LogP contribution in [-0.2, 0) is 39.8 Å². The second kappa shape index (κ2) is 30.2. The van der Waals surface area contributed by atoms with Crippen LogP contribution in [0.2, 0.25) is 0 Å². The molecule has 11 nitrogen and oxygen atoms in total. The number of halogens is 1. The van der Waals surface area contributed by atoms with Gasteiger partial charge in [-0.15, -0.1) is 0 Å². The first-order chi connectivity index (χ1) is 28.1. The van der Waals surface area contributed by atoms with Crippen molar-refractivity contribution in [2.45, 2.75) is 232 Å². The van der Waals surface area contributed by atoms with E-state index in [-0.39, 0.29) is 25.2 Å². The summed E-state index contributed by atoms with van der Waals surface area (Å²) in [6, 6.07) is 5.99. The van der Waals surface area contributed by atoms with E-state index in [1.807, 2.05) is 0 Å². The molecule has 1 rings (SSSR count). The van der Waals surface area contributed by atoms with E-state index in [1.165, 1.54) is 92.6 Å². The van der Waals surface area contributed by atoms with Crippen molar-refractivity contribution in [3.8, 4) is 0 Å². The van der Waals surface area contributed by atoms with E-state index in [2.05, 4.69) is 62.8 Å². The minimum Gasteiger partial charge on any atom is -0.460 e. The standard InChI is InChI=1S/C48H82IN3O8/c1-46(2,3)58-42(54)35-34-40(44(56)60-48(7,8)9)52-45(57)51-39(43(55)59-47(4,5)6)28-25-26-36-50-41(53)29-24-22-20-18-16-14-12-10-11-13-15-17-19-21-23-27-37-30-32-38(49)33-31-37/h30-33,39-40H,10-29,34-36H2,1-9H3,(H,50,53)(H2,51,52,57). The summed E-state index contributed by atoms with van der Waals surface area (Å²) in [4.78, 5) is 64.1. The minimum absolute atomic E-state index is 0.0257. The van der Waals surface area contributed by atoms with Gasteiger partial charge < -0.3 is 30.2 Å². The Balaban J connectivity index is 2.27. The summed E-state index contributed by atoms with van der Waals surface area (Å²) in [5.74, 6) is -1.80. The minimum atomic E-state index is -1.16. The van der Waals surface area contributed by atoms with Gasteiger partial charge in [0, 0.05) is 23.0 Å². The molecule has 0 aliphatic rings. The Labute approximate surface area is 377 Å². The Morgan fingerprint density at radius 1 is 0.517 bits per heavy atom. The van der Waals surface area contributed by atoms with E-state index < -0.39 is 52.8 Å². The van der Waals surface area contributed by atoms with Crippen LogP contribution >= 0.6 is 22.6 Å². The molecule has 344 valence electrons. The number of urea groups is 1. The molecule has 12 heteroatoms. The number of carbonyl (C=O) groups excluding carboxylic acids is 5. The fraction of sp³-hybridized carbons (Fsp3) is 0.771. The van der Waals surface area contributed by atoms with Crippen LogP contribution in [0, 0.1) is 3.57 Å². The van der Waals surface area contributed by atoms with Gasteiger partial charge >= 0.3 is 23.9 Å². The number of nitrogens with one attached hydrogen (secondary N) is 3. The summed E-state index contributed by atoms with van der Waals surface area (Å²) in [6.45, 7) is 16.1. The molecule has 60 heavy (non-hydrogen) atoms. The van der Waals surface area contributed by atoms with Crippen molar-refractivity contribution in [1.29, 1.82) is 0 Å². The number of rotatable bonds is 30. The van der Waals surface area contributed by atoms with Crippen LogP contribution in [-0.4, -0.2) is 65.3 Å². The van der Waals surface area contributed by atoms with E-state index in [0.29, 0.717) is 25.8 Å². The van der Waals surface area contributed by atoms with Gasteiger partial charge in [0.1, 0.15) is 28.9 Å². The summed E-state index contributed by atoms with van der Waals surface area (Å²) < 4.78 is 17.7. The molecule has 0 radical (unpaired) electrons. The van der Waals surface area contributed by atoms with Gasteiger partial charge in [-0.25, -0.2) is 14.4 Å². The second-order valence-electron chi connectivity index (χ2n) is 19.2. The zero-order valence-electron chi connectivity index (χ0n) is 38.9. The van der Waals surface area contributed by atoms with Gasteiger partial charge in [0.2, 0.25) is 5.91 Å². The van der Waals surface area contributed by atoms with Crippen molar-refractivity contribution >= 4 is 52.4 Å². The smallest absolute Gasteiger partial charge is 0.329 e. The van der Waals surface area contributed by atoms with E-state index in [0.717, 1.165) is 19.3 Å². The number of hydrogen-bond donors (Lipinski definition) is 3. The molecule has 0 aliphatic carbocycles. The summed E-state index contributed by atoms with van der Waals surface area (Å²) >= 11 is 2.36. The SMILES string of the molecule is CC(C)(C)OC(=O)CCC(NC(=O)NC(CCCCNC(=O)CCCCCCCCCCCCCCCCCc1ccc(I)cc1)C(=O)OC(C)(C)C)C(=O)OC(C)(C)C. The van der Waals surface area contributed by atoms with Gasteiger partial charge in [-0.1, -0.05) is 95.6 Å². The molecule has 0 saturated carbocycles. The molecule has 1 aromatic carbocycles. The lowest BCUT2D eigenvalue weighted by Crippen LogP contribution is -2.53. The summed E-state index contributed by atoms with van der Waals surface area (Å²) in [7, 11) is 0. The first kappa shape index (κ1) is 55.1. The van der Waals surface area contributed by atoms with Crippen LogP contribution < -0.4 is 16.0 Å². The molecule has 0 spiro atoms. The van der Waals surface area contributed by atoms with Crippen molar-refractivity contribution in [2.75, 3.05) is 6.54 Å². The maximum Gasteiger partial charge on any atom is 0.329 e. The molecule has 3 N–H and O–H groups in total. The molecule has 2 atom stereocenters. The highest BCUT2D eigenvalue weighted by Crippen LogP contribution is 2.17. The zero-order chi connectivity index (χ0) is 45.0. The number of esters is 3. The van der Waals surface area contributed by atoms with Crippen molar-refractivity contribution in [3.05, 3.63) is 33.4 Å². The van der Waals surface area contributed by atoms with Crippen LogP contribution in [0.25, 0.3) is 0 Å². The average Bonchev–Trinajstić information content (AvgIpc) is 3.12. The van der Waals surface area contributed by atoms with Gasteiger partial charge in [-0.3, -0.25) is 9.59 Å². The third-order valence-electron chi connectivity index (χ3n) is 9.57. The molecule has 0 aliphatic heterocycles. The average molecular weight is 956 g/mol. The first-order valence-electron chi connectivity index (χ1n) is 22.9. The number of carbonyl (C=O) groups is 5. The van der Waals surface area contributed by atoms with Crippen LogP contribution in [0.5, 0.6) is 0 Å². The maximum absolute atomic E-state index is 13.2. The Morgan fingerprint density at radius 2 is 0.933 bits per heavy atom. The largest absolute Gasteiger partial charge is 0.460 e. The Hall–Kier alpha value is -2.90. The van der Waals surface area contributed by atoms with Crippen LogP contribution in [0.1, 0.15) is 203 Å². The highest BCUT2D eigenvalue weighted by molar-refractivity contribution is 14.1. The lowest BCUT2D eigenvalue weighted by atomic mass is 10.0. The van der Waals surface area contributed by atoms with E-state index in [9.17, 15) is 24.0 Å². The highest BCUT2D eigenvalue weighted by atomic mass is 127. The molecule has 0 bridgehead atoms. The number of unbranched alkanes of at least 4 members (excludes halogenated alkanes) is 15. The van der Waals surface area contributed by atoms with Gasteiger partial charge in [-0.05, 0) is 148 Å². The third kappa shape index (κ3) is 31.9. The van der Waals surface area contributed by atoms with Crippen LogP contribution in [0.4, 0.5) is 4.79 Å². The van der Waals surface area contributed by atoms with Crippen molar-refractivity contribution in [2.24, 2.45) is 0 Å². The molecule has 1 aromatic rings. The number of amides is 3. The van der Waals surface area contributed by atoms with Gasteiger partial charge in [0.15, 0.2) is 0 Å². The zero-order valence-corrected chi connectivity index (χ0v) is 41.0. The van der Waals surface area contributed by atoms with Crippen molar-refractivity contribution < 1.29 is 38.2 Å². The first-order valence-corrected chi connectivity index (χ1v) is 24.0. The molecule has 3 amide bonds. The molecule has 2 unspecified atom stereocenters. The predicted octanol–water partition coefficient (Wildman–Crippen LogP) is 11.2. The van der Waals surface area contributed by atoms with Crippen LogP contribution in [0.15, 0.2) is 24.3 Å². The topological polar surface area (TPSA) is 149 Å². The van der Waals surface area contributed by atoms with Gasteiger partial charge in [-0.2, -0.15) is 0 Å². The second-order valence-corrected chi connectivity index (χ2v) is 20.4. The molecular weight excluding hydrogens is 873 g/mol. The Kier molecular flexibility index (Phi) is 27.7. The fourth-order valence-electron chi connectivity index (χ4n) is 6.61. The monoisotopic (exact) mass is 956 g/mol. The quantitative estimate of drug-likeness (QED) is 0.0299. The molecule has 0 heterocycles. The van der Waals surface area contributed by atoms with Crippen LogP contribution in [0.3, 0.4) is 0 Å². The Morgan fingerprint density at radius 3 is 1.38 bits per heavy atom. The maximum atomic E-state index is 13.2. The molecular formula is C48H82IN3O8. The van der Waals surface area contributed by atoms with Crippen molar-refractivity contribution in [1.82, 2.24) is 16.0 Å². The number of ether oxygens (including phenoxy) is 3. The van der Waals surface area contributed by atoms with E-state index in [4.69, 9.17) is 14.2 Å². The molecule has 0 aromatic heterocycles. The number of benzene rings is 1. The van der Waals surface area contributed by atoms with Gasteiger partial charge in [0.05, 0.1) is 0 Å². The summed E-state index contributed by atoms with van der Waals surface area (Å²) in [5.41, 5.74) is -0.845. The predicted molar refractivity (Wildman–Crippen MR) is 250 cm³/mol. The van der Waals surface area contributed by atoms with E-state index in [1.54, 1.807) is 62.3 Å². The normalized spacial score (nSPS) is 12.9. The molecule has 0 saturated heterocycles. The lowest BCUT2D eigenvalue weighted by Gasteiger charge is -2.27. The van der Waals surface area contributed by atoms with E-state index >= 15 is 0 Å². The number of aryl methyl sites for hydroxylation is 1. The Bertz CT molecular complexity index is 1380. The number of hydrogen-bond acceptors (Lipinski definition) is 8. The highest BCUT2D eigenvalue weighted by Gasteiger charge is 2.31. The van der Waals surface area contributed by atoms with Crippen molar-refractivity contribution in [3.63, 3.8) is 0 Å². The lowest BCUT2D eigenvalue weighted by molar-refractivity contribution is -0.159. The fourth-order valence-corrected chi connectivity index (χ4v) is 6.97. The third-order valence-corrected chi connectivity index (χ3v) is 10.3. The summed E-state index contributed by atoms with van der Waals surface area (Å²) in [5, 5.41) is 8.21. The summed E-state index contributed by atoms with van der Waals surface area (Å²) in [6.07, 6.45) is 21.9. The van der Waals surface area contributed by atoms with Gasteiger partial charge in [0.25, 0.3) is 0 Å². The molecule has 0 fully saturated rings.